The molecule has 0 spiro atoms. The zero-order valence-electron chi connectivity index (χ0n) is 7.90. The minimum Gasteiger partial charge on any atom is -1.00 e. The molecule has 0 N–H and O–H groups in total. The Labute approximate surface area is 101 Å². The molecule has 2 aromatic rings. The van der Waals surface area contributed by atoms with E-state index in [0.29, 0.717) is 0 Å². The Kier molecular flexibility index (Phi) is 5.51. The van der Waals surface area contributed by atoms with Crippen molar-refractivity contribution in [3.05, 3.63) is 42.6 Å². The molecular formula is C9H9ClNNa. The van der Waals surface area contributed by atoms with Crippen molar-refractivity contribution in [2.45, 2.75) is 0 Å². The number of aromatic nitrogens is 1. The van der Waals surface area contributed by atoms with Gasteiger partial charge in [-0.3, -0.25) is 4.98 Å². The van der Waals surface area contributed by atoms with Crippen LogP contribution in [0.15, 0.2) is 42.6 Å². The number of hydrogen-bond acceptors (Lipinski definition) is 1. The SMILES string of the molecule is Cl.[H-].[Na+].c1ccc2ncccc2c1. The molecule has 58 valence electrons. The van der Waals surface area contributed by atoms with E-state index in [2.05, 4.69) is 17.1 Å². The summed E-state index contributed by atoms with van der Waals surface area (Å²) in [4.78, 5) is 4.18. The molecule has 0 amide bonds. The van der Waals surface area contributed by atoms with Gasteiger partial charge in [-0.2, -0.15) is 0 Å². The average molecular weight is 190 g/mol. The molecule has 12 heavy (non-hydrogen) atoms. The van der Waals surface area contributed by atoms with Gasteiger partial charge in [0.2, 0.25) is 0 Å². The molecule has 1 heterocycles. The number of benzene rings is 1. The van der Waals surface area contributed by atoms with Gasteiger partial charge in [-0.15, -0.1) is 12.4 Å². The van der Waals surface area contributed by atoms with Crippen LogP contribution in [0, 0.1) is 0 Å². The molecule has 0 unspecified atom stereocenters. The van der Waals surface area contributed by atoms with Gasteiger partial charge in [0.05, 0.1) is 5.52 Å². The third kappa shape index (κ3) is 2.46. The van der Waals surface area contributed by atoms with Crippen LogP contribution in [0.4, 0.5) is 0 Å². The third-order valence-electron chi connectivity index (χ3n) is 1.51. The van der Waals surface area contributed by atoms with Crippen molar-refractivity contribution in [3.63, 3.8) is 0 Å². The van der Waals surface area contributed by atoms with Crippen LogP contribution in [0.3, 0.4) is 0 Å². The summed E-state index contributed by atoms with van der Waals surface area (Å²) >= 11 is 0. The zero-order chi connectivity index (χ0) is 6.81. The maximum atomic E-state index is 4.18. The predicted molar refractivity (Wildman–Crippen MR) is 50.1 cm³/mol. The average Bonchev–Trinajstić information content (AvgIpc) is 2.05. The summed E-state index contributed by atoms with van der Waals surface area (Å²) in [5.41, 5.74) is 1.06. The molecule has 1 nitrogen and oxygen atoms in total. The Morgan fingerprint density at radius 1 is 1.00 bits per heavy atom. The standard InChI is InChI=1S/C9H7N.ClH.Na.H/c1-2-6-9-8(4-1)5-3-7-10-9;;;/h1-7H;1H;;/q;;+1;-1. The number of pyridine rings is 1. The maximum absolute atomic E-state index is 4.18. The van der Waals surface area contributed by atoms with E-state index in [9.17, 15) is 0 Å². The number of para-hydroxylation sites is 1. The second-order valence-electron chi connectivity index (χ2n) is 2.20. The Morgan fingerprint density at radius 2 is 1.67 bits per heavy atom. The van der Waals surface area contributed by atoms with E-state index >= 15 is 0 Å². The fourth-order valence-electron chi connectivity index (χ4n) is 1.02. The van der Waals surface area contributed by atoms with Gasteiger partial charge in [0.15, 0.2) is 0 Å². The largest absolute Gasteiger partial charge is 1.00 e. The van der Waals surface area contributed by atoms with Crippen LogP contribution in [0.5, 0.6) is 0 Å². The summed E-state index contributed by atoms with van der Waals surface area (Å²) < 4.78 is 0. The monoisotopic (exact) mass is 189 g/mol. The van der Waals surface area contributed by atoms with E-state index in [1.165, 1.54) is 5.39 Å². The molecule has 1 aromatic carbocycles. The second kappa shape index (κ2) is 5.55. The summed E-state index contributed by atoms with van der Waals surface area (Å²) in [6.45, 7) is 0. The number of hydrogen-bond donors (Lipinski definition) is 0. The van der Waals surface area contributed by atoms with Crippen molar-refractivity contribution < 1.29 is 31.0 Å². The van der Waals surface area contributed by atoms with Gasteiger partial charge in [-0.1, -0.05) is 24.3 Å². The van der Waals surface area contributed by atoms with Crippen molar-refractivity contribution in [2.75, 3.05) is 0 Å². The van der Waals surface area contributed by atoms with Gasteiger partial charge >= 0.3 is 29.6 Å². The molecule has 0 saturated carbocycles. The quantitative estimate of drug-likeness (QED) is 0.522. The van der Waals surface area contributed by atoms with Crippen molar-refractivity contribution in [1.29, 1.82) is 0 Å². The molecule has 0 radical (unpaired) electrons. The van der Waals surface area contributed by atoms with Crippen LogP contribution in [0.1, 0.15) is 1.43 Å². The number of rotatable bonds is 0. The molecule has 0 aliphatic heterocycles. The summed E-state index contributed by atoms with van der Waals surface area (Å²) in [6, 6.07) is 12.1. The third-order valence-corrected chi connectivity index (χ3v) is 1.51. The Morgan fingerprint density at radius 3 is 2.42 bits per heavy atom. The Balaban J connectivity index is 0. The summed E-state index contributed by atoms with van der Waals surface area (Å²) in [5.74, 6) is 0. The summed E-state index contributed by atoms with van der Waals surface area (Å²) in [7, 11) is 0. The van der Waals surface area contributed by atoms with Crippen LogP contribution in [0.25, 0.3) is 10.9 Å². The zero-order valence-corrected chi connectivity index (χ0v) is 9.71. The minimum atomic E-state index is 0. The van der Waals surface area contributed by atoms with Gasteiger partial charge in [-0.25, -0.2) is 0 Å². The fraction of sp³-hybridized carbons (Fsp3) is 0. The van der Waals surface area contributed by atoms with Crippen molar-refractivity contribution in [2.24, 2.45) is 0 Å². The van der Waals surface area contributed by atoms with Crippen molar-refractivity contribution in [3.8, 4) is 0 Å². The molecule has 0 bridgehead atoms. The van der Waals surface area contributed by atoms with Crippen LogP contribution in [-0.2, 0) is 0 Å². The second-order valence-corrected chi connectivity index (χ2v) is 2.20. The number of halogens is 1. The first kappa shape index (κ1) is 11.9. The van der Waals surface area contributed by atoms with E-state index in [1.54, 1.807) is 0 Å². The van der Waals surface area contributed by atoms with Crippen molar-refractivity contribution >= 4 is 23.3 Å². The maximum Gasteiger partial charge on any atom is 1.00 e. The smallest absolute Gasteiger partial charge is 1.00 e. The topological polar surface area (TPSA) is 12.9 Å². The molecule has 3 heteroatoms. The Bertz CT molecular complexity index is 291. The molecule has 0 atom stereocenters. The van der Waals surface area contributed by atoms with Gasteiger partial charge < -0.3 is 1.43 Å². The van der Waals surface area contributed by atoms with Crippen LogP contribution < -0.4 is 29.6 Å². The first-order valence-corrected chi connectivity index (χ1v) is 3.26. The van der Waals surface area contributed by atoms with Crippen LogP contribution in [-0.4, -0.2) is 4.98 Å². The van der Waals surface area contributed by atoms with E-state index in [4.69, 9.17) is 0 Å². The number of fused-ring (bicyclic) bond motifs is 1. The summed E-state index contributed by atoms with van der Waals surface area (Å²) in [5, 5.41) is 1.20. The van der Waals surface area contributed by atoms with E-state index in [-0.39, 0.29) is 43.4 Å². The van der Waals surface area contributed by atoms with Gasteiger partial charge in [0, 0.05) is 11.6 Å². The molecule has 0 fully saturated rings. The van der Waals surface area contributed by atoms with E-state index in [0.717, 1.165) is 5.52 Å². The predicted octanol–water partition coefficient (Wildman–Crippen LogP) is -0.227. The van der Waals surface area contributed by atoms with Gasteiger partial charge in [-0.05, 0) is 12.1 Å². The minimum absolute atomic E-state index is 0. The van der Waals surface area contributed by atoms with E-state index in [1.807, 2.05) is 30.5 Å². The normalized spacial score (nSPS) is 8.33. The molecule has 2 rings (SSSR count). The van der Waals surface area contributed by atoms with Crippen LogP contribution >= 0.6 is 12.4 Å². The first-order valence-electron chi connectivity index (χ1n) is 3.26. The molecule has 0 aliphatic carbocycles. The Hall–Kier alpha value is -0.0800. The van der Waals surface area contributed by atoms with Gasteiger partial charge in [0.25, 0.3) is 0 Å². The van der Waals surface area contributed by atoms with Crippen LogP contribution in [0.2, 0.25) is 0 Å². The fourth-order valence-corrected chi connectivity index (χ4v) is 1.02. The molecule has 1 aromatic heterocycles. The number of nitrogens with zero attached hydrogens (tertiary/aromatic N) is 1. The van der Waals surface area contributed by atoms with Gasteiger partial charge in [0.1, 0.15) is 0 Å². The molecule has 0 aliphatic rings. The van der Waals surface area contributed by atoms with Crippen molar-refractivity contribution in [1.82, 2.24) is 4.98 Å². The molecule has 0 saturated heterocycles. The summed E-state index contributed by atoms with van der Waals surface area (Å²) in [6.07, 6.45) is 1.81. The molecular weight excluding hydrogens is 181 g/mol. The van der Waals surface area contributed by atoms with E-state index < -0.39 is 0 Å². The first-order chi connectivity index (χ1) is 4.97.